The van der Waals surface area contributed by atoms with Crippen molar-refractivity contribution in [1.82, 2.24) is 20.0 Å². The molecule has 2 heterocycles. The molecule has 27 heavy (non-hydrogen) atoms. The number of carbonyl (C=O) groups is 1. The first kappa shape index (κ1) is 19.8. The number of esters is 1. The van der Waals surface area contributed by atoms with Crippen LogP contribution in [-0.2, 0) is 16.1 Å². The van der Waals surface area contributed by atoms with E-state index >= 15 is 0 Å². The second kappa shape index (κ2) is 8.82. The number of nitrogens with zero attached hydrogens (tertiary/aromatic N) is 4. The molecule has 146 valence electrons. The zero-order valence-electron chi connectivity index (χ0n) is 15.9. The molecular formula is C19H25ClN4O3. The van der Waals surface area contributed by atoms with Gasteiger partial charge in [0.15, 0.2) is 0 Å². The van der Waals surface area contributed by atoms with Gasteiger partial charge in [0, 0.05) is 37.1 Å². The number of benzene rings is 1. The molecule has 1 aliphatic rings. The largest absolute Gasteiger partial charge is 0.468 e. The van der Waals surface area contributed by atoms with Gasteiger partial charge in [-0.2, -0.15) is 0 Å². The Kier molecular flexibility index (Phi) is 6.46. The van der Waals surface area contributed by atoms with Gasteiger partial charge in [-0.25, -0.2) is 4.79 Å². The molecule has 3 rings (SSSR count). The number of rotatable bonds is 6. The van der Waals surface area contributed by atoms with Crippen LogP contribution in [0.5, 0.6) is 0 Å². The second-order valence-corrected chi connectivity index (χ2v) is 7.36. The van der Waals surface area contributed by atoms with E-state index in [1.165, 1.54) is 7.11 Å². The first-order chi connectivity index (χ1) is 13.0. The zero-order valence-corrected chi connectivity index (χ0v) is 16.6. The van der Waals surface area contributed by atoms with Gasteiger partial charge in [0.25, 0.3) is 0 Å². The van der Waals surface area contributed by atoms with E-state index in [-0.39, 0.29) is 11.9 Å². The average molecular weight is 393 g/mol. The predicted molar refractivity (Wildman–Crippen MR) is 101 cm³/mol. The lowest BCUT2D eigenvalue weighted by atomic mass is 10.0. The summed E-state index contributed by atoms with van der Waals surface area (Å²) in [4.78, 5) is 16.8. The van der Waals surface area contributed by atoms with E-state index in [0.717, 1.165) is 31.7 Å². The van der Waals surface area contributed by atoms with Gasteiger partial charge in [0.05, 0.1) is 13.7 Å². The molecule has 1 aromatic heterocycles. The molecule has 0 amide bonds. The molecule has 1 unspecified atom stereocenters. The van der Waals surface area contributed by atoms with Crippen LogP contribution >= 0.6 is 11.6 Å². The maximum absolute atomic E-state index is 12.4. The lowest BCUT2D eigenvalue weighted by Gasteiger charge is -2.37. The summed E-state index contributed by atoms with van der Waals surface area (Å²) in [5.41, 5.74) is 0.776. The van der Waals surface area contributed by atoms with E-state index in [2.05, 4.69) is 20.0 Å². The minimum absolute atomic E-state index is 0.222. The van der Waals surface area contributed by atoms with Crippen molar-refractivity contribution >= 4 is 17.6 Å². The third-order valence-electron chi connectivity index (χ3n) is 4.73. The number of halogens is 1. The fraction of sp³-hybridized carbons (Fsp3) is 0.526. The van der Waals surface area contributed by atoms with Gasteiger partial charge < -0.3 is 9.15 Å². The summed E-state index contributed by atoms with van der Waals surface area (Å²) >= 11 is 6.33. The maximum atomic E-state index is 12.4. The van der Waals surface area contributed by atoms with Crippen LogP contribution < -0.4 is 0 Å². The topological polar surface area (TPSA) is 71.7 Å². The third-order valence-corrected chi connectivity index (χ3v) is 5.08. The van der Waals surface area contributed by atoms with Gasteiger partial charge in [-0.1, -0.05) is 43.6 Å². The molecule has 1 atom stereocenters. The molecule has 2 aromatic rings. The van der Waals surface area contributed by atoms with Gasteiger partial charge in [-0.05, 0) is 11.6 Å². The number of ether oxygens (including phenoxy) is 1. The van der Waals surface area contributed by atoms with Crippen molar-refractivity contribution in [3.05, 3.63) is 46.6 Å². The monoisotopic (exact) mass is 392 g/mol. The molecular weight excluding hydrogens is 368 g/mol. The normalized spacial score (nSPS) is 17.2. The van der Waals surface area contributed by atoms with Crippen molar-refractivity contribution in [1.29, 1.82) is 0 Å². The molecule has 1 saturated heterocycles. The van der Waals surface area contributed by atoms with Gasteiger partial charge in [-0.15, -0.1) is 10.2 Å². The number of piperazine rings is 1. The van der Waals surface area contributed by atoms with E-state index in [4.69, 9.17) is 20.8 Å². The first-order valence-electron chi connectivity index (χ1n) is 9.10. The Morgan fingerprint density at radius 2 is 1.93 bits per heavy atom. The van der Waals surface area contributed by atoms with Crippen LogP contribution in [0.2, 0.25) is 5.02 Å². The molecule has 0 radical (unpaired) electrons. The summed E-state index contributed by atoms with van der Waals surface area (Å²) < 4.78 is 10.7. The van der Waals surface area contributed by atoms with Gasteiger partial charge in [0.2, 0.25) is 11.8 Å². The van der Waals surface area contributed by atoms with Crippen LogP contribution in [0.1, 0.15) is 43.2 Å². The maximum Gasteiger partial charge on any atom is 0.327 e. The molecule has 1 fully saturated rings. The van der Waals surface area contributed by atoms with Crippen LogP contribution in [-0.4, -0.2) is 59.3 Å². The first-order valence-corrected chi connectivity index (χ1v) is 9.48. The Labute approximate surface area is 164 Å². The molecule has 0 N–H and O–H groups in total. The van der Waals surface area contributed by atoms with Crippen LogP contribution in [0.3, 0.4) is 0 Å². The van der Waals surface area contributed by atoms with E-state index in [1.54, 1.807) is 6.07 Å². The van der Waals surface area contributed by atoms with Crippen molar-refractivity contribution in [3.8, 4) is 0 Å². The van der Waals surface area contributed by atoms with E-state index in [0.29, 0.717) is 23.3 Å². The molecule has 0 bridgehead atoms. The molecule has 8 heteroatoms. The van der Waals surface area contributed by atoms with Gasteiger partial charge in [0.1, 0.15) is 6.04 Å². The summed E-state index contributed by atoms with van der Waals surface area (Å²) in [6, 6.07) is 6.91. The van der Waals surface area contributed by atoms with Gasteiger partial charge >= 0.3 is 5.97 Å². The minimum atomic E-state index is -0.498. The Morgan fingerprint density at radius 3 is 2.52 bits per heavy atom. The number of hydrogen-bond acceptors (Lipinski definition) is 7. The Bertz CT molecular complexity index is 772. The molecule has 0 aliphatic carbocycles. The third kappa shape index (κ3) is 4.66. The predicted octanol–water partition coefficient (Wildman–Crippen LogP) is 2.88. The summed E-state index contributed by atoms with van der Waals surface area (Å²) in [5, 5.41) is 8.77. The van der Waals surface area contributed by atoms with E-state index < -0.39 is 6.04 Å². The number of hydrogen-bond donors (Lipinski definition) is 0. The lowest BCUT2D eigenvalue weighted by molar-refractivity contribution is -0.148. The Balaban J connectivity index is 1.65. The molecule has 1 aliphatic heterocycles. The van der Waals surface area contributed by atoms with Crippen molar-refractivity contribution in [2.75, 3.05) is 33.3 Å². The fourth-order valence-corrected chi connectivity index (χ4v) is 3.46. The van der Waals surface area contributed by atoms with Crippen molar-refractivity contribution in [2.24, 2.45) is 0 Å². The van der Waals surface area contributed by atoms with Gasteiger partial charge in [-0.3, -0.25) is 9.80 Å². The molecule has 0 saturated carbocycles. The Morgan fingerprint density at radius 1 is 1.22 bits per heavy atom. The standard InChI is InChI=1S/C19H25ClN4O3/c1-13(2)18-22-21-16(27-18)12-23-8-10-24(11-9-23)17(19(25)26-3)14-6-4-5-7-15(14)20/h4-7,13,17H,8-12H2,1-3H3. The smallest absolute Gasteiger partial charge is 0.327 e. The molecule has 1 aromatic carbocycles. The quantitative estimate of drug-likeness (QED) is 0.700. The summed E-state index contributed by atoms with van der Waals surface area (Å²) in [6.45, 7) is 7.68. The summed E-state index contributed by atoms with van der Waals surface area (Å²) in [7, 11) is 1.41. The molecule has 0 spiro atoms. The highest BCUT2D eigenvalue weighted by molar-refractivity contribution is 6.31. The van der Waals surface area contributed by atoms with E-state index in [9.17, 15) is 4.79 Å². The highest BCUT2D eigenvalue weighted by Gasteiger charge is 2.32. The van der Waals surface area contributed by atoms with Crippen molar-refractivity contribution in [3.63, 3.8) is 0 Å². The number of aromatic nitrogens is 2. The van der Waals surface area contributed by atoms with E-state index in [1.807, 2.05) is 32.0 Å². The Hall–Kier alpha value is -1.96. The highest BCUT2D eigenvalue weighted by atomic mass is 35.5. The average Bonchev–Trinajstić information content (AvgIpc) is 3.13. The van der Waals surface area contributed by atoms with Crippen molar-refractivity contribution < 1.29 is 13.9 Å². The molecule has 7 nitrogen and oxygen atoms in total. The minimum Gasteiger partial charge on any atom is -0.468 e. The second-order valence-electron chi connectivity index (χ2n) is 6.95. The fourth-order valence-electron chi connectivity index (χ4n) is 3.22. The van der Waals surface area contributed by atoms with Crippen LogP contribution in [0.15, 0.2) is 28.7 Å². The number of methoxy groups -OCH3 is 1. The number of carbonyl (C=O) groups excluding carboxylic acids is 1. The van der Waals surface area contributed by atoms with Crippen LogP contribution in [0.4, 0.5) is 0 Å². The van der Waals surface area contributed by atoms with Crippen LogP contribution in [0, 0.1) is 0 Å². The van der Waals surface area contributed by atoms with Crippen molar-refractivity contribution in [2.45, 2.75) is 32.4 Å². The summed E-state index contributed by atoms with van der Waals surface area (Å²) in [5.74, 6) is 1.21. The zero-order chi connectivity index (χ0) is 19.4. The summed E-state index contributed by atoms with van der Waals surface area (Å²) in [6.07, 6.45) is 0. The highest BCUT2D eigenvalue weighted by Crippen LogP contribution is 2.29. The van der Waals surface area contributed by atoms with Crippen LogP contribution in [0.25, 0.3) is 0 Å². The SMILES string of the molecule is COC(=O)C(c1ccccc1Cl)N1CCN(Cc2nnc(C(C)C)o2)CC1. The lowest BCUT2D eigenvalue weighted by Crippen LogP contribution is -2.49.